The summed E-state index contributed by atoms with van der Waals surface area (Å²) in [4.78, 5) is 23.6. The van der Waals surface area contributed by atoms with Gasteiger partial charge >= 0.3 is 0 Å². The van der Waals surface area contributed by atoms with Crippen molar-refractivity contribution >= 4 is 29.0 Å². The predicted octanol–water partition coefficient (Wildman–Crippen LogP) is 5.50. The number of fused-ring (bicyclic) bond motifs is 2. The van der Waals surface area contributed by atoms with Crippen molar-refractivity contribution in [3.05, 3.63) is 35.8 Å². The van der Waals surface area contributed by atoms with Gasteiger partial charge in [-0.05, 0) is 62.1 Å². The lowest BCUT2D eigenvalue weighted by atomic mass is 9.40. The number of benzene rings is 1. The highest BCUT2D eigenvalue weighted by molar-refractivity contribution is 5.81. The number of anilines is 4. The number of hydrogen-bond donors (Lipinski definition) is 3. The minimum atomic E-state index is -2.69. The monoisotopic (exact) mass is 530 g/mol. The zero-order chi connectivity index (χ0) is 27.5. The number of aryl methyl sites for hydroxylation is 1. The van der Waals surface area contributed by atoms with E-state index in [9.17, 15) is 18.0 Å². The van der Waals surface area contributed by atoms with Crippen molar-refractivity contribution in [1.29, 1.82) is 0 Å². The van der Waals surface area contributed by atoms with Gasteiger partial charge in [0.1, 0.15) is 11.6 Å². The second kappa shape index (κ2) is 9.31. The zero-order valence-corrected chi connectivity index (χ0v) is 22.7. The van der Waals surface area contributed by atoms with Crippen LogP contribution in [0, 0.1) is 35.9 Å². The third-order valence-electron chi connectivity index (χ3n) is 9.40. The van der Waals surface area contributed by atoms with Crippen LogP contribution in [-0.4, -0.2) is 47.5 Å². The van der Waals surface area contributed by atoms with Crippen LogP contribution in [0.1, 0.15) is 52.0 Å². The van der Waals surface area contributed by atoms with Gasteiger partial charge in [-0.25, -0.2) is 18.2 Å². The Hall–Kier alpha value is -3.04. The lowest BCUT2D eigenvalue weighted by Gasteiger charge is -2.66. The van der Waals surface area contributed by atoms with Gasteiger partial charge in [0.15, 0.2) is 0 Å². The molecule has 0 radical (unpaired) electrons. The Kier molecular flexibility index (Phi) is 6.51. The average molecular weight is 531 g/mol. The van der Waals surface area contributed by atoms with E-state index in [1.807, 2.05) is 6.92 Å². The van der Waals surface area contributed by atoms with E-state index in [0.29, 0.717) is 35.0 Å². The number of hydrogen-bond acceptors (Lipinski definition) is 6. The van der Waals surface area contributed by atoms with Crippen molar-refractivity contribution in [1.82, 2.24) is 15.3 Å². The molecule has 4 fully saturated rings. The molecule has 1 saturated heterocycles. The fraction of sp³-hybridized carbons (Fsp3) is 0.607. The van der Waals surface area contributed by atoms with Crippen LogP contribution in [0.3, 0.4) is 0 Å². The summed E-state index contributed by atoms with van der Waals surface area (Å²) in [5.74, 6) is -1.58. The fourth-order valence-electron chi connectivity index (χ4n) is 6.86. The number of carbonyl (C=O) groups excluding carboxylic acids is 1. The fourth-order valence-corrected chi connectivity index (χ4v) is 6.86. The smallest absolute Gasteiger partial charge is 0.251 e. The molecule has 0 unspecified atom stereocenters. The van der Waals surface area contributed by atoms with Crippen molar-refractivity contribution in [2.45, 2.75) is 64.8 Å². The van der Waals surface area contributed by atoms with E-state index in [0.717, 1.165) is 18.4 Å². The number of carbonyl (C=O) groups is 1. The molecule has 2 heterocycles. The van der Waals surface area contributed by atoms with E-state index in [1.54, 1.807) is 30.3 Å². The van der Waals surface area contributed by atoms with Crippen molar-refractivity contribution < 1.29 is 18.0 Å². The van der Waals surface area contributed by atoms with Gasteiger partial charge in [0, 0.05) is 50.4 Å². The third-order valence-corrected chi connectivity index (χ3v) is 9.40. The maximum atomic E-state index is 14.9. The Balaban J connectivity index is 1.35. The molecule has 1 aliphatic heterocycles. The first-order valence-electron chi connectivity index (χ1n) is 13.4. The molecule has 0 spiro atoms. The van der Waals surface area contributed by atoms with Gasteiger partial charge in [-0.2, -0.15) is 4.98 Å². The average Bonchev–Trinajstić information content (AvgIpc) is 2.85. The molecule has 206 valence electrons. The molecule has 4 atom stereocenters. The summed E-state index contributed by atoms with van der Waals surface area (Å²) in [6.07, 6.45) is 3.03. The summed E-state index contributed by atoms with van der Waals surface area (Å²) in [6, 6.07) is 4.63. The summed E-state index contributed by atoms with van der Waals surface area (Å²) < 4.78 is 42.0. The van der Waals surface area contributed by atoms with Gasteiger partial charge in [-0.1, -0.05) is 13.8 Å². The second-order valence-corrected chi connectivity index (χ2v) is 12.0. The van der Waals surface area contributed by atoms with Gasteiger partial charge in [0.05, 0.1) is 17.1 Å². The zero-order valence-electron chi connectivity index (χ0n) is 22.7. The van der Waals surface area contributed by atoms with E-state index < -0.39 is 17.3 Å². The van der Waals surface area contributed by atoms with E-state index in [4.69, 9.17) is 4.98 Å². The molecule has 3 saturated carbocycles. The Bertz CT molecular complexity index is 1230. The van der Waals surface area contributed by atoms with E-state index in [2.05, 4.69) is 41.7 Å². The molecule has 1 aromatic heterocycles. The Labute approximate surface area is 222 Å². The van der Waals surface area contributed by atoms with Gasteiger partial charge in [0.2, 0.25) is 11.9 Å². The number of amides is 1. The molecule has 2 bridgehead atoms. The highest BCUT2D eigenvalue weighted by atomic mass is 19.3. The highest BCUT2D eigenvalue weighted by Gasteiger charge is 2.64. The van der Waals surface area contributed by atoms with E-state index in [1.165, 1.54) is 6.07 Å². The van der Waals surface area contributed by atoms with Gasteiger partial charge in [-0.15, -0.1) is 0 Å². The maximum absolute atomic E-state index is 14.9. The molecule has 10 heteroatoms. The Morgan fingerprint density at radius 1 is 1.13 bits per heavy atom. The molecule has 38 heavy (non-hydrogen) atoms. The number of alkyl halides is 2. The van der Waals surface area contributed by atoms with Gasteiger partial charge in [-0.3, -0.25) is 4.79 Å². The van der Waals surface area contributed by atoms with Crippen molar-refractivity contribution in [2.75, 3.05) is 35.7 Å². The molecule has 1 amide bonds. The number of aromatic nitrogens is 2. The maximum Gasteiger partial charge on any atom is 0.251 e. The first kappa shape index (κ1) is 26.6. The molecule has 3 N–H and O–H groups in total. The first-order valence-corrected chi connectivity index (χ1v) is 13.4. The van der Waals surface area contributed by atoms with Gasteiger partial charge in [0.25, 0.3) is 5.92 Å². The molecule has 4 aliphatic rings. The van der Waals surface area contributed by atoms with Crippen LogP contribution in [0.25, 0.3) is 0 Å². The summed E-state index contributed by atoms with van der Waals surface area (Å²) in [5, 5.41) is 9.54. The summed E-state index contributed by atoms with van der Waals surface area (Å²) in [7, 11) is 1.68. The molecule has 7 nitrogen and oxygen atoms in total. The SMILES string of the molecule is CNC(=O)[C@H]1C[C@@H]2C[C@H](C2(C)C)[C@@]1(C)Nc1nc(Nc2ccc(N3CCC(F)(F)CC3)c(F)c2)ncc1C. The third kappa shape index (κ3) is 4.56. The predicted molar refractivity (Wildman–Crippen MR) is 142 cm³/mol. The number of nitrogens with zero attached hydrogens (tertiary/aromatic N) is 3. The van der Waals surface area contributed by atoms with Crippen LogP contribution in [0.2, 0.25) is 0 Å². The van der Waals surface area contributed by atoms with Crippen LogP contribution < -0.4 is 20.9 Å². The second-order valence-electron chi connectivity index (χ2n) is 12.0. The van der Waals surface area contributed by atoms with Crippen molar-refractivity contribution in [2.24, 2.45) is 23.2 Å². The van der Waals surface area contributed by atoms with Crippen LogP contribution in [-0.2, 0) is 4.79 Å². The minimum absolute atomic E-state index is 0.0308. The van der Waals surface area contributed by atoms with Gasteiger partial charge < -0.3 is 20.9 Å². The lowest BCUT2D eigenvalue weighted by Crippen LogP contribution is -2.69. The first-order chi connectivity index (χ1) is 17.8. The Morgan fingerprint density at radius 3 is 2.47 bits per heavy atom. The lowest BCUT2D eigenvalue weighted by molar-refractivity contribution is -0.155. The highest BCUT2D eigenvalue weighted by Crippen LogP contribution is 2.65. The van der Waals surface area contributed by atoms with Crippen molar-refractivity contribution in [3.8, 4) is 0 Å². The Morgan fingerprint density at radius 2 is 1.84 bits per heavy atom. The molecule has 2 aromatic rings. The van der Waals surface area contributed by atoms with Crippen LogP contribution in [0.5, 0.6) is 0 Å². The summed E-state index contributed by atoms with van der Waals surface area (Å²) in [6.45, 7) is 8.81. The minimum Gasteiger partial charge on any atom is -0.369 e. The normalized spacial score (nSPS) is 29.3. The molecule has 3 aliphatic carbocycles. The number of piperidine rings is 1. The van der Waals surface area contributed by atoms with Crippen LogP contribution in [0.15, 0.2) is 24.4 Å². The number of rotatable bonds is 6. The quantitative estimate of drug-likeness (QED) is 0.458. The van der Waals surface area contributed by atoms with Crippen LogP contribution in [0.4, 0.5) is 36.3 Å². The molecule has 6 rings (SSSR count). The molecule has 1 aromatic carbocycles. The topological polar surface area (TPSA) is 82.2 Å². The molecular formula is C28H37F3N6O. The van der Waals surface area contributed by atoms with Crippen LogP contribution >= 0.6 is 0 Å². The largest absolute Gasteiger partial charge is 0.369 e. The van der Waals surface area contributed by atoms with Crippen molar-refractivity contribution in [3.63, 3.8) is 0 Å². The standard InChI is InChI=1S/C28H37F3N6O/c1-16-15-33-25(34-18-6-7-21(20(29)14-18)37-10-8-28(30,31)9-11-37)35-23(16)36-27(4)19(24(38)32-5)12-17-13-22(27)26(17,2)3/h6-7,14-15,17,19,22H,8-13H2,1-5H3,(H,32,38)(H2,33,34,35,36)/t17-,19-,22-,27+/m1/s1. The number of nitrogens with one attached hydrogen (secondary N) is 3. The van der Waals surface area contributed by atoms with E-state index >= 15 is 0 Å². The summed E-state index contributed by atoms with van der Waals surface area (Å²) in [5.41, 5.74) is 1.24. The number of halogens is 3. The van der Waals surface area contributed by atoms with E-state index in [-0.39, 0.29) is 43.2 Å². The molecular weight excluding hydrogens is 493 g/mol. The summed E-state index contributed by atoms with van der Waals surface area (Å²) >= 11 is 0.